The second-order valence-electron chi connectivity index (χ2n) is 3.39. The van der Waals surface area contributed by atoms with Crippen LogP contribution in [0.4, 0.5) is 10.7 Å². The van der Waals surface area contributed by atoms with Crippen molar-refractivity contribution in [3.63, 3.8) is 0 Å². The molecule has 17 heavy (non-hydrogen) atoms. The molecule has 0 aliphatic heterocycles. The Labute approximate surface area is 97.7 Å². The number of benzene rings is 1. The van der Waals surface area contributed by atoms with E-state index in [4.69, 9.17) is 5.26 Å². The number of nitrogens with zero attached hydrogens (tertiary/aromatic N) is 2. The SMILES string of the molecule is N#CCCNC(=O)Nc1nc2ccccc2[nH]1. The monoisotopic (exact) mass is 229 g/mol. The summed E-state index contributed by atoms with van der Waals surface area (Å²) in [5.41, 5.74) is 1.65. The number of nitrogens with one attached hydrogen (secondary N) is 3. The highest BCUT2D eigenvalue weighted by molar-refractivity contribution is 5.89. The molecule has 0 bridgehead atoms. The molecule has 0 radical (unpaired) electrons. The van der Waals surface area contributed by atoms with Crippen molar-refractivity contribution >= 4 is 23.0 Å². The van der Waals surface area contributed by atoms with Gasteiger partial charge in [-0.25, -0.2) is 9.78 Å². The molecule has 0 fully saturated rings. The number of anilines is 1. The number of nitriles is 1. The molecule has 1 aromatic heterocycles. The maximum atomic E-state index is 11.4. The molecular weight excluding hydrogens is 218 g/mol. The Bertz CT molecular complexity index is 535. The summed E-state index contributed by atoms with van der Waals surface area (Å²) in [7, 11) is 0. The first-order valence-electron chi connectivity index (χ1n) is 5.16. The molecule has 2 rings (SSSR count). The van der Waals surface area contributed by atoms with Crippen LogP contribution < -0.4 is 10.6 Å². The number of hydrogen-bond donors (Lipinski definition) is 3. The highest BCUT2D eigenvalue weighted by Gasteiger charge is 2.05. The molecule has 0 saturated heterocycles. The topological polar surface area (TPSA) is 93.6 Å². The van der Waals surface area contributed by atoms with Crippen molar-refractivity contribution in [3.05, 3.63) is 24.3 Å². The predicted molar refractivity (Wildman–Crippen MR) is 63.3 cm³/mol. The molecule has 6 nitrogen and oxygen atoms in total. The lowest BCUT2D eigenvalue weighted by Crippen LogP contribution is -2.29. The molecule has 2 amide bonds. The third-order valence-electron chi connectivity index (χ3n) is 2.14. The van der Waals surface area contributed by atoms with Gasteiger partial charge in [-0.1, -0.05) is 12.1 Å². The second kappa shape index (κ2) is 4.99. The van der Waals surface area contributed by atoms with Gasteiger partial charge in [-0.3, -0.25) is 5.32 Å². The van der Waals surface area contributed by atoms with Gasteiger partial charge in [0.25, 0.3) is 0 Å². The number of para-hydroxylation sites is 2. The molecule has 0 aliphatic carbocycles. The van der Waals surface area contributed by atoms with Gasteiger partial charge in [-0.05, 0) is 12.1 Å². The van der Waals surface area contributed by atoms with Crippen LogP contribution in [0.1, 0.15) is 6.42 Å². The first-order valence-corrected chi connectivity index (χ1v) is 5.16. The Hall–Kier alpha value is -2.55. The first kappa shape index (κ1) is 11.0. The third kappa shape index (κ3) is 2.72. The quantitative estimate of drug-likeness (QED) is 0.698. The number of aromatic amines is 1. The molecule has 0 atom stereocenters. The van der Waals surface area contributed by atoms with Gasteiger partial charge in [-0.2, -0.15) is 5.26 Å². The Kier molecular flexibility index (Phi) is 3.21. The van der Waals surface area contributed by atoms with Crippen molar-refractivity contribution in [3.8, 4) is 6.07 Å². The van der Waals surface area contributed by atoms with Crippen LogP contribution in [0, 0.1) is 11.3 Å². The summed E-state index contributed by atoms with van der Waals surface area (Å²) in [5, 5.41) is 13.4. The van der Waals surface area contributed by atoms with E-state index >= 15 is 0 Å². The largest absolute Gasteiger partial charge is 0.337 e. The van der Waals surface area contributed by atoms with Crippen LogP contribution in [0.3, 0.4) is 0 Å². The van der Waals surface area contributed by atoms with Gasteiger partial charge in [-0.15, -0.1) is 0 Å². The minimum Gasteiger partial charge on any atom is -0.337 e. The van der Waals surface area contributed by atoms with Gasteiger partial charge < -0.3 is 10.3 Å². The van der Waals surface area contributed by atoms with Crippen LogP contribution in [-0.4, -0.2) is 22.5 Å². The number of carbonyl (C=O) groups excluding carboxylic acids is 1. The van der Waals surface area contributed by atoms with Gasteiger partial charge in [0.1, 0.15) is 0 Å². The highest BCUT2D eigenvalue weighted by Crippen LogP contribution is 2.12. The van der Waals surface area contributed by atoms with Crippen molar-refractivity contribution in [2.75, 3.05) is 11.9 Å². The summed E-state index contributed by atoms with van der Waals surface area (Å²) < 4.78 is 0. The van der Waals surface area contributed by atoms with E-state index in [0.717, 1.165) is 11.0 Å². The zero-order chi connectivity index (χ0) is 12.1. The summed E-state index contributed by atoms with van der Waals surface area (Å²) in [6.45, 7) is 0.322. The summed E-state index contributed by atoms with van der Waals surface area (Å²) >= 11 is 0. The average molecular weight is 229 g/mol. The van der Waals surface area contributed by atoms with Crippen molar-refractivity contribution in [2.45, 2.75) is 6.42 Å². The second-order valence-corrected chi connectivity index (χ2v) is 3.39. The average Bonchev–Trinajstić information content (AvgIpc) is 2.71. The number of rotatable bonds is 3. The standard InChI is InChI=1S/C11H11N5O/c12-6-3-7-13-11(17)16-10-14-8-4-1-2-5-9(8)15-10/h1-2,4-5H,3,7H2,(H3,13,14,15,16,17). The van der Waals surface area contributed by atoms with Gasteiger partial charge in [0.15, 0.2) is 0 Å². The van der Waals surface area contributed by atoms with Crippen molar-refractivity contribution in [1.82, 2.24) is 15.3 Å². The maximum Gasteiger partial charge on any atom is 0.321 e. The maximum absolute atomic E-state index is 11.4. The molecule has 2 aromatic rings. The number of imidazole rings is 1. The molecule has 6 heteroatoms. The van der Waals surface area contributed by atoms with Crippen LogP contribution in [0.25, 0.3) is 11.0 Å². The third-order valence-corrected chi connectivity index (χ3v) is 2.14. The highest BCUT2D eigenvalue weighted by atomic mass is 16.2. The van der Waals surface area contributed by atoms with E-state index in [1.807, 2.05) is 30.3 Å². The van der Waals surface area contributed by atoms with E-state index in [1.165, 1.54) is 0 Å². The van der Waals surface area contributed by atoms with Crippen molar-refractivity contribution in [2.24, 2.45) is 0 Å². The lowest BCUT2D eigenvalue weighted by Gasteiger charge is -2.01. The Balaban J connectivity index is 1.99. The van der Waals surface area contributed by atoms with Gasteiger partial charge in [0.2, 0.25) is 5.95 Å². The van der Waals surface area contributed by atoms with E-state index in [0.29, 0.717) is 12.5 Å². The Morgan fingerprint density at radius 3 is 3.06 bits per heavy atom. The lowest BCUT2D eigenvalue weighted by molar-refractivity contribution is 0.252. The van der Waals surface area contributed by atoms with Gasteiger partial charge >= 0.3 is 6.03 Å². The molecular formula is C11H11N5O. The number of amides is 2. The Morgan fingerprint density at radius 1 is 1.47 bits per heavy atom. The molecule has 3 N–H and O–H groups in total. The van der Waals surface area contributed by atoms with Gasteiger partial charge in [0, 0.05) is 6.54 Å². The number of carbonyl (C=O) groups is 1. The fourth-order valence-electron chi connectivity index (χ4n) is 1.40. The minimum absolute atomic E-state index is 0.285. The van der Waals surface area contributed by atoms with Crippen LogP contribution in [0.2, 0.25) is 0 Å². The van der Waals surface area contributed by atoms with E-state index in [-0.39, 0.29) is 12.5 Å². The Morgan fingerprint density at radius 2 is 2.29 bits per heavy atom. The van der Waals surface area contributed by atoms with E-state index in [2.05, 4.69) is 20.6 Å². The van der Waals surface area contributed by atoms with Crippen LogP contribution in [-0.2, 0) is 0 Å². The fourth-order valence-corrected chi connectivity index (χ4v) is 1.40. The smallest absolute Gasteiger partial charge is 0.321 e. The zero-order valence-corrected chi connectivity index (χ0v) is 9.03. The summed E-state index contributed by atoms with van der Waals surface area (Å²) in [4.78, 5) is 18.5. The molecule has 1 aromatic carbocycles. The minimum atomic E-state index is -0.376. The summed E-state index contributed by atoms with van der Waals surface area (Å²) in [6, 6.07) is 9.06. The van der Waals surface area contributed by atoms with E-state index in [9.17, 15) is 4.79 Å². The fraction of sp³-hybridized carbons (Fsp3) is 0.182. The number of aromatic nitrogens is 2. The molecule has 1 heterocycles. The van der Waals surface area contributed by atoms with Crippen molar-refractivity contribution < 1.29 is 4.79 Å². The number of urea groups is 1. The first-order chi connectivity index (χ1) is 8.29. The molecule has 0 saturated carbocycles. The molecule has 0 spiro atoms. The number of hydrogen-bond acceptors (Lipinski definition) is 3. The van der Waals surface area contributed by atoms with Crippen LogP contribution in [0.15, 0.2) is 24.3 Å². The van der Waals surface area contributed by atoms with E-state index < -0.39 is 0 Å². The summed E-state index contributed by atoms with van der Waals surface area (Å²) in [6.07, 6.45) is 0.285. The molecule has 86 valence electrons. The van der Waals surface area contributed by atoms with Crippen molar-refractivity contribution in [1.29, 1.82) is 5.26 Å². The number of fused-ring (bicyclic) bond motifs is 1. The van der Waals surface area contributed by atoms with Crippen LogP contribution >= 0.6 is 0 Å². The normalized spacial score (nSPS) is 9.82. The predicted octanol–water partition coefficient (Wildman–Crippen LogP) is 1.60. The summed E-state index contributed by atoms with van der Waals surface area (Å²) in [5.74, 6) is 0.389. The van der Waals surface area contributed by atoms with Crippen LogP contribution in [0.5, 0.6) is 0 Å². The van der Waals surface area contributed by atoms with Gasteiger partial charge in [0.05, 0.1) is 23.5 Å². The lowest BCUT2D eigenvalue weighted by atomic mass is 10.3. The zero-order valence-electron chi connectivity index (χ0n) is 9.03. The number of H-pyrrole nitrogens is 1. The van der Waals surface area contributed by atoms with E-state index in [1.54, 1.807) is 0 Å². The molecule has 0 unspecified atom stereocenters. The molecule has 0 aliphatic rings.